The van der Waals surface area contributed by atoms with Gasteiger partial charge in [-0.25, -0.2) is 0 Å². The summed E-state index contributed by atoms with van der Waals surface area (Å²) in [4.78, 5) is 4.17. The summed E-state index contributed by atoms with van der Waals surface area (Å²) in [7, 11) is 0. The molecule has 3 aromatic rings. The van der Waals surface area contributed by atoms with Crippen molar-refractivity contribution in [2.45, 2.75) is 52.1 Å². The Labute approximate surface area is 163 Å². The van der Waals surface area contributed by atoms with Crippen molar-refractivity contribution in [2.24, 2.45) is 0 Å². The van der Waals surface area contributed by atoms with Crippen LogP contribution in [0.1, 0.15) is 42.9 Å². The number of hydrogen-bond donors (Lipinski definition) is 1. The molecular formula is C23H29ClN2. The van der Waals surface area contributed by atoms with Crippen LogP contribution in [0.4, 0.5) is 0 Å². The molecule has 1 atom stereocenters. The van der Waals surface area contributed by atoms with Crippen LogP contribution >= 0.6 is 12.4 Å². The van der Waals surface area contributed by atoms with Crippen LogP contribution in [0.25, 0.3) is 10.8 Å². The van der Waals surface area contributed by atoms with Crippen molar-refractivity contribution in [3.63, 3.8) is 0 Å². The van der Waals surface area contributed by atoms with Gasteiger partial charge < -0.3 is 5.32 Å². The Bertz CT molecular complexity index is 816. The Morgan fingerprint density at radius 2 is 1.85 bits per heavy atom. The number of hydrogen-bond acceptors (Lipinski definition) is 2. The molecule has 0 radical (unpaired) electrons. The number of fused-ring (bicyclic) bond motifs is 1. The van der Waals surface area contributed by atoms with Gasteiger partial charge in [0.25, 0.3) is 0 Å². The molecule has 0 aliphatic rings. The van der Waals surface area contributed by atoms with Crippen LogP contribution in [0.5, 0.6) is 0 Å². The van der Waals surface area contributed by atoms with Gasteiger partial charge in [-0.05, 0) is 61.8 Å². The van der Waals surface area contributed by atoms with Crippen LogP contribution in [-0.4, -0.2) is 11.0 Å². The van der Waals surface area contributed by atoms with E-state index in [1.54, 1.807) is 0 Å². The first-order valence-electron chi connectivity index (χ1n) is 9.32. The van der Waals surface area contributed by atoms with Crippen molar-refractivity contribution < 1.29 is 0 Å². The molecule has 1 N–H and O–H groups in total. The second kappa shape index (κ2) is 10.3. The fourth-order valence-corrected chi connectivity index (χ4v) is 3.28. The molecule has 0 saturated heterocycles. The minimum atomic E-state index is 0. The number of nitrogens with zero attached hydrogens (tertiary/aromatic N) is 1. The summed E-state index contributed by atoms with van der Waals surface area (Å²) < 4.78 is 0. The third-order valence-corrected chi connectivity index (χ3v) is 4.79. The Morgan fingerprint density at radius 1 is 0.962 bits per heavy atom. The van der Waals surface area contributed by atoms with Crippen LogP contribution in [-0.2, 0) is 13.0 Å². The van der Waals surface area contributed by atoms with Crippen molar-refractivity contribution >= 4 is 23.2 Å². The van der Waals surface area contributed by atoms with Gasteiger partial charge in [0.15, 0.2) is 0 Å². The highest BCUT2D eigenvalue weighted by Gasteiger charge is 2.03. The van der Waals surface area contributed by atoms with Gasteiger partial charge >= 0.3 is 0 Å². The molecule has 26 heavy (non-hydrogen) atoms. The smallest absolute Gasteiger partial charge is 0.0346 e. The normalized spacial score (nSPS) is 11.9. The molecule has 0 unspecified atom stereocenters. The third kappa shape index (κ3) is 6.12. The molecular weight excluding hydrogens is 340 g/mol. The van der Waals surface area contributed by atoms with E-state index in [2.05, 4.69) is 72.7 Å². The lowest BCUT2D eigenvalue weighted by molar-refractivity contribution is 0.489. The number of aromatic nitrogens is 1. The van der Waals surface area contributed by atoms with Crippen molar-refractivity contribution in [1.82, 2.24) is 10.3 Å². The minimum absolute atomic E-state index is 0. The highest BCUT2D eigenvalue weighted by atomic mass is 35.5. The highest BCUT2D eigenvalue weighted by molar-refractivity contribution is 5.85. The van der Waals surface area contributed by atoms with E-state index >= 15 is 0 Å². The predicted molar refractivity (Wildman–Crippen MR) is 114 cm³/mol. The second-order valence-corrected chi connectivity index (χ2v) is 7.07. The summed E-state index contributed by atoms with van der Waals surface area (Å²) >= 11 is 0. The lowest BCUT2D eigenvalue weighted by Gasteiger charge is -2.14. The standard InChI is InChI=1S/C23H28N2.ClH/c1-18-6-5-9-20(14-18)8-4-3-7-19(2)25-16-21-10-11-23-17-24-13-12-22(23)15-21;/h5-6,9-15,17,19,25H,3-4,7-8,16H2,1-2H3;1H/t19-;/m1./s1. The van der Waals surface area contributed by atoms with E-state index in [-0.39, 0.29) is 12.4 Å². The summed E-state index contributed by atoms with van der Waals surface area (Å²) in [6.07, 6.45) is 8.72. The van der Waals surface area contributed by atoms with Crippen LogP contribution in [0, 0.1) is 6.92 Å². The molecule has 2 nitrogen and oxygen atoms in total. The number of pyridine rings is 1. The summed E-state index contributed by atoms with van der Waals surface area (Å²) in [5.41, 5.74) is 4.16. The number of halogens is 1. The molecule has 0 bridgehead atoms. The Hall–Kier alpha value is -1.90. The Kier molecular flexibility index (Phi) is 8.08. The zero-order chi connectivity index (χ0) is 17.5. The molecule has 0 spiro atoms. The zero-order valence-electron chi connectivity index (χ0n) is 15.7. The first kappa shape index (κ1) is 20.4. The molecule has 0 fully saturated rings. The SMILES string of the molecule is Cc1cccc(CCCC[C@@H](C)NCc2ccc3cnccc3c2)c1.Cl. The van der Waals surface area contributed by atoms with Crippen molar-refractivity contribution in [2.75, 3.05) is 0 Å². The van der Waals surface area contributed by atoms with Gasteiger partial charge in [0.1, 0.15) is 0 Å². The van der Waals surface area contributed by atoms with Gasteiger partial charge in [-0.3, -0.25) is 4.98 Å². The topological polar surface area (TPSA) is 24.9 Å². The number of nitrogens with one attached hydrogen (secondary N) is 1. The zero-order valence-corrected chi connectivity index (χ0v) is 16.6. The average Bonchev–Trinajstić information content (AvgIpc) is 2.63. The molecule has 1 heterocycles. The largest absolute Gasteiger partial charge is 0.310 e. The number of benzene rings is 2. The maximum absolute atomic E-state index is 4.17. The Balaban J connectivity index is 0.00000243. The van der Waals surface area contributed by atoms with Crippen LogP contribution in [0.2, 0.25) is 0 Å². The first-order chi connectivity index (χ1) is 12.2. The van der Waals surface area contributed by atoms with Crippen LogP contribution in [0.3, 0.4) is 0 Å². The van der Waals surface area contributed by atoms with Crippen LogP contribution < -0.4 is 5.32 Å². The monoisotopic (exact) mass is 368 g/mol. The molecule has 138 valence electrons. The number of rotatable bonds is 8. The molecule has 0 amide bonds. The van der Waals surface area contributed by atoms with Crippen molar-refractivity contribution in [3.8, 4) is 0 Å². The second-order valence-electron chi connectivity index (χ2n) is 7.07. The van der Waals surface area contributed by atoms with Gasteiger partial charge in [0.05, 0.1) is 0 Å². The minimum Gasteiger partial charge on any atom is -0.310 e. The Morgan fingerprint density at radius 3 is 2.69 bits per heavy atom. The first-order valence-corrected chi connectivity index (χ1v) is 9.32. The van der Waals surface area contributed by atoms with Gasteiger partial charge in [-0.2, -0.15) is 0 Å². The van der Waals surface area contributed by atoms with E-state index < -0.39 is 0 Å². The maximum atomic E-state index is 4.17. The fraction of sp³-hybridized carbons (Fsp3) is 0.348. The molecule has 3 heteroatoms. The number of unbranched alkanes of at least 4 members (excludes halogenated alkanes) is 1. The lowest BCUT2D eigenvalue weighted by atomic mass is 10.0. The molecule has 0 aliphatic carbocycles. The van der Waals surface area contributed by atoms with E-state index in [0.717, 1.165) is 6.54 Å². The van der Waals surface area contributed by atoms with Gasteiger partial charge in [0, 0.05) is 30.4 Å². The van der Waals surface area contributed by atoms with Gasteiger partial charge in [0.2, 0.25) is 0 Å². The third-order valence-electron chi connectivity index (χ3n) is 4.79. The van der Waals surface area contributed by atoms with E-state index in [9.17, 15) is 0 Å². The highest BCUT2D eigenvalue weighted by Crippen LogP contribution is 2.15. The summed E-state index contributed by atoms with van der Waals surface area (Å²) in [5, 5.41) is 6.12. The summed E-state index contributed by atoms with van der Waals surface area (Å²) in [5.74, 6) is 0. The predicted octanol–water partition coefficient (Wildman–Crippen LogP) is 5.86. The average molecular weight is 369 g/mol. The van der Waals surface area contributed by atoms with Crippen molar-refractivity contribution in [1.29, 1.82) is 0 Å². The molecule has 0 saturated carbocycles. The van der Waals surface area contributed by atoms with Gasteiger partial charge in [-0.15, -0.1) is 12.4 Å². The molecule has 3 rings (SSSR count). The summed E-state index contributed by atoms with van der Waals surface area (Å²) in [6, 6.07) is 18.1. The van der Waals surface area contributed by atoms with E-state index in [1.807, 2.05) is 12.4 Å². The van der Waals surface area contributed by atoms with Gasteiger partial charge in [-0.1, -0.05) is 48.4 Å². The van der Waals surface area contributed by atoms with Crippen LogP contribution in [0.15, 0.2) is 60.9 Å². The molecule has 2 aromatic carbocycles. The molecule has 0 aliphatic heterocycles. The van der Waals surface area contributed by atoms with Crippen molar-refractivity contribution in [3.05, 3.63) is 77.6 Å². The summed E-state index contributed by atoms with van der Waals surface area (Å²) in [6.45, 7) is 5.38. The number of aryl methyl sites for hydroxylation is 2. The molecule has 1 aromatic heterocycles. The maximum Gasteiger partial charge on any atom is 0.0346 e. The van der Waals surface area contributed by atoms with E-state index in [4.69, 9.17) is 0 Å². The lowest BCUT2D eigenvalue weighted by Crippen LogP contribution is -2.25. The van der Waals surface area contributed by atoms with E-state index in [0.29, 0.717) is 6.04 Å². The quantitative estimate of drug-likeness (QED) is 0.504. The fourth-order valence-electron chi connectivity index (χ4n) is 3.28. The van der Waals surface area contributed by atoms with E-state index in [1.165, 1.54) is 53.1 Å².